The monoisotopic (exact) mass is 209 g/mol. The SMILES string of the molecule is O=C1CCC[C@]23C(CCC[C@H]2O)CCN13. The lowest BCUT2D eigenvalue weighted by Crippen LogP contribution is -2.61. The topological polar surface area (TPSA) is 40.5 Å². The molecule has 1 aliphatic carbocycles. The molecule has 0 aromatic rings. The quantitative estimate of drug-likeness (QED) is 0.653. The Morgan fingerprint density at radius 2 is 2.13 bits per heavy atom. The van der Waals surface area contributed by atoms with Crippen molar-refractivity contribution < 1.29 is 9.90 Å². The maximum Gasteiger partial charge on any atom is 0.223 e. The summed E-state index contributed by atoms with van der Waals surface area (Å²) in [6.07, 6.45) is 6.79. The molecule has 3 aliphatic rings. The average Bonchev–Trinajstić information content (AvgIpc) is 2.61. The van der Waals surface area contributed by atoms with Crippen molar-refractivity contribution in [1.29, 1.82) is 0 Å². The molecule has 0 radical (unpaired) electrons. The van der Waals surface area contributed by atoms with Crippen LogP contribution >= 0.6 is 0 Å². The van der Waals surface area contributed by atoms with Gasteiger partial charge in [0.15, 0.2) is 0 Å². The first-order chi connectivity index (χ1) is 7.25. The number of carbonyl (C=O) groups excluding carboxylic acids is 1. The van der Waals surface area contributed by atoms with Crippen molar-refractivity contribution in [3.63, 3.8) is 0 Å². The molecule has 1 saturated carbocycles. The average molecular weight is 209 g/mol. The van der Waals surface area contributed by atoms with Gasteiger partial charge in [-0.3, -0.25) is 4.79 Å². The number of rotatable bonds is 0. The van der Waals surface area contributed by atoms with Crippen LogP contribution in [0, 0.1) is 5.92 Å². The second-order valence-electron chi connectivity index (χ2n) is 5.32. The molecule has 3 fully saturated rings. The lowest BCUT2D eigenvalue weighted by atomic mass is 9.67. The second kappa shape index (κ2) is 3.21. The van der Waals surface area contributed by atoms with Crippen molar-refractivity contribution in [1.82, 2.24) is 4.90 Å². The van der Waals surface area contributed by atoms with Crippen molar-refractivity contribution in [2.24, 2.45) is 5.92 Å². The highest BCUT2D eigenvalue weighted by Gasteiger charge is 2.57. The van der Waals surface area contributed by atoms with Crippen LogP contribution in [-0.2, 0) is 4.79 Å². The summed E-state index contributed by atoms with van der Waals surface area (Å²) in [4.78, 5) is 13.9. The Bertz CT molecular complexity index is 291. The van der Waals surface area contributed by atoms with Gasteiger partial charge in [0.2, 0.25) is 5.91 Å². The van der Waals surface area contributed by atoms with E-state index in [1.54, 1.807) is 0 Å². The van der Waals surface area contributed by atoms with E-state index in [1.165, 1.54) is 6.42 Å². The van der Waals surface area contributed by atoms with Crippen molar-refractivity contribution in [3.05, 3.63) is 0 Å². The Kier molecular flexibility index (Phi) is 2.06. The highest BCUT2D eigenvalue weighted by Crippen LogP contribution is 2.50. The molecule has 2 aliphatic heterocycles. The molecule has 1 unspecified atom stereocenters. The van der Waals surface area contributed by atoms with E-state index in [4.69, 9.17) is 0 Å². The van der Waals surface area contributed by atoms with Gasteiger partial charge in [-0.25, -0.2) is 0 Å². The molecule has 3 rings (SSSR count). The van der Waals surface area contributed by atoms with Crippen LogP contribution in [0.2, 0.25) is 0 Å². The molecule has 3 heteroatoms. The molecular formula is C12H19NO2. The number of aliphatic hydroxyl groups excluding tert-OH is 1. The van der Waals surface area contributed by atoms with Gasteiger partial charge in [0.05, 0.1) is 11.6 Å². The van der Waals surface area contributed by atoms with E-state index < -0.39 is 0 Å². The van der Waals surface area contributed by atoms with Crippen LogP contribution in [0.15, 0.2) is 0 Å². The Balaban J connectivity index is 1.99. The molecule has 2 heterocycles. The van der Waals surface area contributed by atoms with Gasteiger partial charge in [-0.1, -0.05) is 6.42 Å². The third-order valence-electron chi connectivity index (χ3n) is 4.79. The Morgan fingerprint density at radius 1 is 1.27 bits per heavy atom. The van der Waals surface area contributed by atoms with Gasteiger partial charge in [0.25, 0.3) is 0 Å². The maximum atomic E-state index is 11.9. The zero-order chi connectivity index (χ0) is 10.5. The number of hydrogen-bond donors (Lipinski definition) is 1. The van der Waals surface area contributed by atoms with Crippen LogP contribution in [0.3, 0.4) is 0 Å². The summed E-state index contributed by atoms with van der Waals surface area (Å²) in [5, 5.41) is 10.3. The fraction of sp³-hybridized carbons (Fsp3) is 0.917. The van der Waals surface area contributed by atoms with Crippen LogP contribution < -0.4 is 0 Å². The number of carbonyl (C=O) groups is 1. The van der Waals surface area contributed by atoms with E-state index in [2.05, 4.69) is 0 Å². The smallest absolute Gasteiger partial charge is 0.223 e. The zero-order valence-electron chi connectivity index (χ0n) is 9.11. The first-order valence-corrected chi connectivity index (χ1v) is 6.23. The Morgan fingerprint density at radius 3 is 3.00 bits per heavy atom. The van der Waals surface area contributed by atoms with Crippen molar-refractivity contribution in [2.75, 3.05) is 6.54 Å². The van der Waals surface area contributed by atoms with Gasteiger partial charge >= 0.3 is 0 Å². The van der Waals surface area contributed by atoms with Gasteiger partial charge in [0, 0.05) is 13.0 Å². The third-order valence-corrected chi connectivity index (χ3v) is 4.79. The summed E-state index contributed by atoms with van der Waals surface area (Å²) in [6.45, 7) is 0.889. The number of amides is 1. The van der Waals surface area contributed by atoms with E-state index in [-0.39, 0.29) is 17.6 Å². The van der Waals surface area contributed by atoms with Gasteiger partial charge in [-0.2, -0.15) is 0 Å². The van der Waals surface area contributed by atoms with E-state index in [1.807, 2.05) is 4.90 Å². The van der Waals surface area contributed by atoms with Crippen LogP contribution in [0.5, 0.6) is 0 Å². The third kappa shape index (κ3) is 1.13. The molecule has 1 amide bonds. The summed E-state index contributed by atoms with van der Waals surface area (Å²) in [7, 11) is 0. The molecule has 15 heavy (non-hydrogen) atoms. The minimum Gasteiger partial charge on any atom is -0.391 e. The number of aliphatic hydroxyl groups is 1. The van der Waals surface area contributed by atoms with Crippen molar-refractivity contribution >= 4 is 5.91 Å². The summed E-state index contributed by atoms with van der Waals surface area (Å²) in [6, 6.07) is 0. The molecule has 3 atom stereocenters. The summed E-state index contributed by atoms with van der Waals surface area (Å²) >= 11 is 0. The highest BCUT2D eigenvalue weighted by atomic mass is 16.3. The second-order valence-corrected chi connectivity index (χ2v) is 5.32. The molecule has 0 aromatic carbocycles. The fourth-order valence-corrected chi connectivity index (χ4v) is 4.14. The van der Waals surface area contributed by atoms with Crippen molar-refractivity contribution in [3.8, 4) is 0 Å². The number of piperidine rings is 1. The largest absolute Gasteiger partial charge is 0.391 e. The predicted octanol–water partition coefficient (Wildman–Crippen LogP) is 1.30. The van der Waals surface area contributed by atoms with Crippen LogP contribution in [0.1, 0.15) is 44.9 Å². The molecular weight excluding hydrogens is 190 g/mol. The zero-order valence-corrected chi connectivity index (χ0v) is 9.11. The van der Waals surface area contributed by atoms with Crippen LogP contribution in [0.4, 0.5) is 0 Å². The predicted molar refractivity (Wildman–Crippen MR) is 56.3 cm³/mol. The minimum absolute atomic E-state index is 0.145. The molecule has 1 N–H and O–H groups in total. The van der Waals surface area contributed by atoms with Gasteiger partial charge < -0.3 is 10.0 Å². The molecule has 0 bridgehead atoms. The molecule has 1 spiro atoms. The molecule has 3 nitrogen and oxygen atoms in total. The van der Waals surface area contributed by atoms with Crippen molar-refractivity contribution in [2.45, 2.75) is 56.6 Å². The first-order valence-electron chi connectivity index (χ1n) is 6.23. The van der Waals surface area contributed by atoms with E-state index in [0.717, 1.165) is 38.6 Å². The lowest BCUT2D eigenvalue weighted by Gasteiger charge is -2.51. The van der Waals surface area contributed by atoms with Gasteiger partial charge in [-0.15, -0.1) is 0 Å². The molecule has 0 aromatic heterocycles. The van der Waals surface area contributed by atoms with E-state index >= 15 is 0 Å². The Hall–Kier alpha value is -0.570. The minimum atomic E-state index is -0.261. The fourth-order valence-electron chi connectivity index (χ4n) is 4.14. The number of nitrogens with zero attached hydrogens (tertiary/aromatic N) is 1. The molecule has 2 saturated heterocycles. The summed E-state index contributed by atoms with van der Waals surface area (Å²) in [5.74, 6) is 0.857. The van der Waals surface area contributed by atoms with Gasteiger partial charge in [0.1, 0.15) is 0 Å². The maximum absolute atomic E-state index is 11.9. The normalized spacial score (nSPS) is 45.1. The van der Waals surface area contributed by atoms with E-state index in [0.29, 0.717) is 12.3 Å². The first kappa shape index (κ1) is 9.64. The Labute approximate surface area is 90.5 Å². The standard InChI is InChI=1S/C12H19NO2/c14-10-4-1-3-9-6-8-13-11(15)5-2-7-12(9,10)13/h9-10,14H,1-8H2/t9?,10-,12+/m1/s1. The van der Waals surface area contributed by atoms with Crippen LogP contribution in [-0.4, -0.2) is 34.1 Å². The highest BCUT2D eigenvalue weighted by molar-refractivity contribution is 5.78. The number of hydrogen-bond acceptors (Lipinski definition) is 2. The summed E-state index contributed by atoms with van der Waals surface area (Å²) in [5.41, 5.74) is -0.145. The molecule has 84 valence electrons. The summed E-state index contributed by atoms with van der Waals surface area (Å²) < 4.78 is 0. The van der Waals surface area contributed by atoms with E-state index in [9.17, 15) is 9.90 Å². The van der Waals surface area contributed by atoms with Crippen LogP contribution in [0.25, 0.3) is 0 Å². The van der Waals surface area contributed by atoms with Gasteiger partial charge in [-0.05, 0) is 38.0 Å². The lowest BCUT2D eigenvalue weighted by molar-refractivity contribution is -0.151.